The molecule has 0 spiro atoms. The van der Waals surface area contributed by atoms with Crippen LogP contribution < -0.4 is 20.7 Å². The Bertz CT molecular complexity index is 833. The molecule has 0 unspecified atom stereocenters. The van der Waals surface area contributed by atoms with Crippen LogP contribution in [0.4, 0.5) is 17.1 Å². The van der Waals surface area contributed by atoms with Gasteiger partial charge in [0, 0.05) is 11.8 Å². The number of benzene rings is 2. The highest BCUT2D eigenvalue weighted by Crippen LogP contribution is 2.30. The van der Waals surface area contributed by atoms with Crippen LogP contribution in [0.15, 0.2) is 36.4 Å². The van der Waals surface area contributed by atoms with Crippen molar-refractivity contribution in [1.29, 1.82) is 0 Å². The normalized spacial score (nSPS) is 15.6. The number of fused-ring (bicyclic) bond motifs is 1. The molecule has 0 aromatic heterocycles. The summed E-state index contributed by atoms with van der Waals surface area (Å²) in [5, 5.41) is 8.81. The SMILES string of the molecule is COc1cccc(NC(=O)C[C@@H]2Nc3cc(C)c(C)cc3NC2=O)c1. The second kappa shape index (κ2) is 6.84. The molecule has 25 heavy (non-hydrogen) atoms. The third-order valence-electron chi connectivity index (χ3n) is 4.28. The first kappa shape index (κ1) is 16.8. The molecule has 130 valence electrons. The highest BCUT2D eigenvalue weighted by atomic mass is 16.5. The van der Waals surface area contributed by atoms with Crippen molar-refractivity contribution in [3.63, 3.8) is 0 Å². The lowest BCUT2D eigenvalue weighted by Crippen LogP contribution is -2.41. The number of carbonyl (C=O) groups excluding carboxylic acids is 2. The number of hydrogen-bond donors (Lipinski definition) is 3. The second-order valence-corrected chi connectivity index (χ2v) is 6.15. The maximum absolute atomic E-state index is 12.3. The number of rotatable bonds is 4. The first-order valence-electron chi connectivity index (χ1n) is 8.09. The molecule has 6 nitrogen and oxygen atoms in total. The number of ether oxygens (including phenoxy) is 1. The van der Waals surface area contributed by atoms with Crippen LogP contribution in [0.5, 0.6) is 5.75 Å². The summed E-state index contributed by atoms with van der Waals surface area (Å²) in [6.45, 7) is 4.01. The van der Waals surface area contributed by atoms with Crippen LogP contribution in [0.1, 0.15) is 17.5 Å². The van der Waals surface area contributed by atoms with E-state index in [-0.39, 0.29) is 18.2 Å². The fraction of sp³-hybridized carbons (Fsp3) is 0.263. The van der Waals surface area contributed by atoms with E-state index in [1.807, 2.05) is 26.0 Å². The predicted octanol–water partition coefficient (Wildman–Crippen LogP) is 3.07. The molecule has 0 bridgehead atoms. The molecular formula is C19H21N3O3. The molecule has 0 radical (unpaired) electrons. The summed E-state index contributed by atoms with van der Waals surface area (Å²) in [6.07, 6.45) is 0.0371. The van der Waals surface area contributed by atoms with Crippen LogP contribution in [0, 0.1) is 13.8 Å². The lowest BCUT2D eigenvalue weighted by Gasteiger charge is -2.27. The Morgan fingerprint density at radius 1 is 1.16 bits per heavy atom. The Morgan fingerprint density at radius 2 is 1.88 bits per heavy atom. The van der Waals surface area contributed by atoms with Gasteiger partial charge in [-0.05, 0) is 49.2 Å². The third kappa shape index (κ3) is 3.74. The highest BCUT2D eigenvalue weighted by molar-refractivity contribution is 6.06. The monoisotopic (exact) mass is 339 g/mol. The van der Waals surface area contributed by atoms with Gasteiger partial charge in [-0.3, -0.25) is 9.59 Å². The number of anilines is 3. The molecule has 2 amide bonds. The third-order valence-corrected chi connectivity index (χ3v) is 4.28. The Balaban J connectivity index is 1.68. The average Bonchev–Trinajstić information content (AvgIpc) is 2.57. The fourth-order valence-corrected chi connectivity index (χ4v) is 2.75. The van der Waals surface area contributed by atoms with E-state index in [0.29, 0.717) is 11.4 Å². The van der Waals surface area contributed by atoms with E-state index in [2.05, 4.69) is 16.0 Å². The van der Waals surface area contributed by atoms with E-state index in [1.54, 1.807) is 31.4 Å². The van der Waals surface area contributed by atoms with E-state index in [4.69, 9.17) is 4.74 Å². The van der Waals surface area contributed by atoms with Crippen molar-refractivity contribution >= 4 is 28.9 Å². The number of methoxy groups -OCH3 is 1. The van der Waals surface area contributed by atoms with Crippen molar-refractivity contribution < 1.29 is 14.3 Å². The second-order valence-electron chi connectivity index (χ2n) is 6.15. The van der Waals surface area contributed by atoms with E-state index in [1.165, 1.54) is 0 Å². The number of hydrogen-bond acceptors (Lipinski definition) is 4. The molecule has 0 aliphatic carbocycles. The quantitative estimate of drug-likeness (QED) is 0.800. The first-order valence-corrected chi connectivity index (χ1v) is 8.09. The van der Waals surface area contributed by atoms with Crippen molar-refractivity contribution in [3.05, 3.63) is 47.5 Å². The Labute approximate surface area is 146 Å². The van der Waals surface area contributed by atoms with Crippen molar-refractivity contribution in [2.24, 2.45) is 0 Å². The number of amides is 2. The van der Waals surface area contributed by atoms with Gasteiger partial charge in [0.05, 0.1) is 24.9 Å². The van der Waals surface area contributed by atoms with Gasteiger partial charge in [0.25, 0.3) is 0 Å². The summed E-state index contributed by atoms with van der Waals surface area (Å²) in [5.74, 6) is 0.204. The van der Waals surface area contributed by atoms with Crippen molar-refractivity contribution in [3.8, 4) is 5.75 Å². The van der Waals surface area contributed by atoms with Crippen LogP contribution in [0.3, 0.4) is 0 Å². The highest BCUT2D eigenvalue weighted by Gasteiger charge is 2.28. The summed E-state index contributed by atoms with van der Waals surface area (Å²) < 4.78 is 5.14. The molecule has 2 aromatic rings. The molecule has 6 heteroatoms. The van der Waals surface area contributed by atoms with Crippen molar-refractivity contribution in [1.82, 2.24) is 0 Å². The molecule has 1 heterocycles. The number of carbonyl (C=O) groups is 2. The summed E-state index contributed by atoms with van der Waals surface area (Å²) in [7, 11) is 1.57. The van der Waals surface area contributed by atoms with Gasteiger partial charge < -0.3 is 20.7 Å². The lowest BCUT2D eigenvalue weighted by atomic mass is 10.0. The minimum absolute atomic E-state index is 0.0371. The van der Waals surface area contributed by atoms with Crippen LogP contribution in [0.2, 0.25) is 0 Å². The van der Waals surface area contributed by atoms with Gasteiger partial charge in [0.2, 0.25) is 11.8 Å². The lowest BCUT2D eigenvalue weighted by molar-refractivity contribution is -0.122. The zero-order valence-electron chi connectivity index (χ0n) is 14.5. The van der Waals surface area contributed by atoms with Gasteiger partial charge in [0.15, 0.2) is 0 Å². The van der Waals surface area contributed by atoms with E-state index in [0.717, 1.165) is 22.5 Å². The molecule has 1 atom stereocenters. The zero-order valence-corrected chi connectivity index (χ0v) is 14.5. The van der Waals surface area contributed by atoms with Gasteiger partial charge >= 0.3 is 0 Å². The molecule has 1 aliphatic heterocycles. The van der Waals surface area contributed by atoms with E-state index >= 15 is 0 Å². The van der Waals surface area contributed by atoms with E-state index in [9.17, 15) is 9.59 Å². The van der Waals surface area contributed by atoms with Crippen molar-refractivity contribution in [2.75, 3.05) is 23.1 Å². The zero-order chi connectivity index (χ0) is 18.0. The minimum atomic E-state index is -0.611. The summed E-state index contributed by atoms with van der Waals surface area (Å²) in [4.78, 5) is 24.6. The molecule has 3 N–H and O–H groups in total. The first-order chi connectivity index (χ1) is 12.0. The largest absolute Gasteiger partial charge is 0.497 e. The van der Waals surface area contributed by atoms with Gasteiger partial charge in [0.1, 0.15) is 11.8 Å². The fourth-order valence-electron chi connectivity index (χ4n) is 2.75. The smallest absolute Gasteiger partial charge is 0.247 e. The Morgan fingerprint density at radius 3 is 2.60 bits per heavy atom. The molecular weight excluding hydrogens is 318 g/mol. The molecule has 1 aliphatic rings. The molecule has 0 fully saturated rings. The summed E-state index contributed by atoms with van der Waals surface area (Å²) in [6, 6.07) is 10.4. The maximum atomic E-state index is 12.3. The minimum Gasteiger partial charge on any atom is -0.497 e. The molecule has 0 saturated carbocycles. The van der Waals surface area contributed by atoms with Crippen LogP contribution in [0.25, 0.3) is 0 Å². The number of aryl methyl sites for hydroxylation is 2. The summed E-state index contributed by atoms with van der Waals surface area (Å²) in [5.41, 5.74) is 4.45. The van der Waals surface area contributed by atoms with Crippen LogP contribution in [-0.4, -0.2) is 25.0 Å². The molecule has 2 aromatic carbocycles. The molecule has 3 rings (SSSR count). The van der Waals surface area contributed by atoms with Crippen LogP contribution in [-0.2, 0) is 9.59 Å². The maximum Gasteiger partial charge on any atom is 0.247 e. The summed E-state index contributed by atoms with van der Waals surface area (Å²) >= 11 is 0. The Hall–Kier alpha value is -3.02. The predicted molar refractivity (Wildman–Crippen MR) is 98.2 cm³/mol. The molecule has 0 saturated heterocycles. The number of nitrogens with one attached hydrogen (secondary N) is 3. The van der Waals surface area contributed by atoms with Gasteiger partial charge in [-0.25, -0.2) is 0 Å². The van der Waals surface area contributed by atoms with Gasteiger partial charge in [-0.1, -0.05) is 6.07 Å². The Kier molecular flexibility index (Phi) is 4.61. The van der Waals surface area contributed by atoms with E-state index < -0.39 is 6.04 Å². The van der Waals surface area contributed by atoms with Gasteiger partial charge in [-0.2, -0.15) is 0 Å². The van der Waals surface area contributed by atoms with Crippen LogP contribution >= 0.6 is 0 Å². The average molecular weight is 339 g/mol. The topological polar surface area (TPSA) is 79.5 Å². The van der Waals surface area contributed by atoms with Crippen molar-refractivity contribution in [2.45, 2.75) is 26.3 Å². The van der Waals surface area contributed by atoms with Gasteiger partial charge in [-0.15, -0.1) is 0 Å². The standard InChI is InChI=1S/C19H21N3O3/c1-11-7-15-16(8-12(11)2)22-19(24)17(21-15)10-18(23)20-13-5-4-6-14(9-13)25-3/h4-9,17,21H,10H2,1-3H3,(H,20,23)(H,22,24)/t17-/m0/s1.